The van der Waals surface area contributed by atoms with Gasteiger partial charge in [-0.05, 0) is 37.1 Å². The summed E-state index contributed by atoms with van der Waals surface area (Å²) in [6, 6.07) is 10.4. The SMILES string of the molecule is CC(C)c1cc(NC(=O)[C@H](C)Oc2ccc(C#N)cc2)n[nH]1. The molecule has 1 heterocycles. The standard InChI is InChI=1S/C16H18N4O2/c1-10(2)14-8-15(20-19-14)18-16(21)11(3)22-13-6-4-12(9-17)5-7-13/h4-8,10-11H,1-3H3,(H2,18,19,20,21)/t11-/m0/s1. The Hall–Kier alpha value is -2.81. The number of H-pyrrole nitrogens is 1. The largest absolute Gasteiger partial charge is 0.481 e. The highest BCUT2D eigenvalue weighted by molar-refractivity contribution is 5.93. The first-order chi connectivity index (χ1) is 10.5. The van der Waals surface area contributed by atoms with Crippen LogP contribution in [0.25, 0.3) is 0 Å². The second-order valence-electron chi connectivity index (χ2n) is 5.25. The Morgan fingerprint density at radius 3 is 2.55 bits per heavy atom. The van der Waals surface area contributed by atoms with E-state index in [4.69, 9.17) is 10.00 Å². The number of carbonyl (C=O) groups is 1. The normalized spacial score (nSPS) is 11.8. The molecule has 0 saturated heterocycles. The van der Waals surface area contributed by atoms with Gasteiger partial charge in [0.1, 0.15) is 5.75 Å². The highest BCUT2D eigenvalue weighted by Crippen LogP contribution is 2.16. The third-order valence-electron chi connectivity index (χ3n) is 3.14. The van der Waals surface area contributed by atoms with Gasteiger partial charge in [0, 0.05) is 11.8 Å². The molecule has 0 saturated carbocycles. The van der Waals surface area contributed by atoms with Crippen molar-refractivity contribution in [1.29, 1.82) is 5.26 Å². The molecule has 1 amide bonds. The van der Waals surface area contributed by atoms with E-state index in [1.807, 2.05) is 19.9 Å². The van der Waals surface area contributed by atoms with Gasteiger partial charge in [-0.1, -0.05) is 13.8 Å². The Morgan fingerprint density at radius 1 is 1.32 bits per heavy atom. The molecule has 0 bridgehead atoms. The second kappa shape index (κ2) is 6.76. The molecule has 114 valence electrons. The summed E-state index contributed by atoms with van der Waals surface area (Å²) >= 11 is 0. The maximum atomic E-state index is 12.1. The number of aromatic nitrogens is 2. The van der Waals surface area contributed by atoms with E-state index in [1.165, 1.54) is 0 Å². The summed E-state index contributed by atoms with van der Waals surface area (Å²) in [6.07, 6.45) is -0.674. The molecule has 0 aliphatic heterocycles. The van der Waals surface area contributed by atoms with Gasteiger partial charge < -0.3 is 10.1 Å². The van der Waals surface area contributed by atoms with E-state index in [0.717, 1.165) is 5.69 Å². The van der Waals surface area contributed by atoms with E-state index < -0.39 is 6.10 Å². The summed E-state index contributed by atoms with van der Waals surface area (Å²) in [6.45, 7) is 5.73. The topological polar surface area (TPSA) is 90.8 Å². The van der Waals surface area contributed by atoms with Gasteiger partial charge in [0.2, 0.25) is 0 Å². The van der Waals surface area contributed by atoms with Gasteiger partial charge in [-0.25, -0.2) is 0 Å². The van der Waals surface area contributed by atoms with Gasteiger partial charge in [-0.2, -0.15) is 10.4 Å². The van der Waals surface area contributed by atoms with Crippen molar-refractivity contribution in [2.24, 2.45) is 0 Å². The average Bonchev–Trinajstić information content (AvgIpc) is 2.96. The van der Waals surface area contributed by atoms with Crippen molar-refractivity contribution in [2.45, 2.75) is 32.8 Å². The molecule has 0 fully saturated rings. The van der Waals surface area contributed by atoms with Crippen LogP contribution in [0.3, 0.4) is 0 Å². The highest BCUT2D eigenvalue weighted by Gasteiger charge is 2.16. The highest BCUT2D eigenvalue weighted by atomic mass is 16.5. The summed E-state index contributed by atoms with van der Waals surface area (Å²) in [5.74, 6) is 1.03. The van der Waals surface area contributed by atoms with Crippen molar-refractivity contribution in [3.05, 3.63) is 41.6 Å². The Balaban J connectivity index is 1.94. The number of carbonyl (C=O) groups excluding carboxylic acids is 1. The zero-order chi connectivity index (χ0) is 16.1. The number of hydrogen-bond acceptors (Lipinski definition) is 4. The first-order valence-corrected chi connectivity index (χ1v) is 7.02. The molecule has 6 nitrogen and oxygen atoms in total. The molecule has 1 atom stereocenters. The smallest absolute Gasteiger partial charge is 0.266 e. The van der Waals surface area contributed by atoms with Crippen LogP contribution in [-0.4, -0.2) is 22.2 Å². The maximum absolute atomic E-state index is 12.1. The number of nitrogens with one attached hydrogen (secondary N) is 2. The van der Waals surface area contributed by atoms with E-state index >= 15 is 0 Å². The van der Waals surface area contributed by atoms with E-state index in [1.54, 1.807) is 37.3 Å². The number of nitrogens with zero attached hydrogens (tertiary/aromatic N) is 2. The lowest BCUT2D eigenvalue weighted by atomic mass is 10.1. The van der Waals surface area contributed by atoms with E-state index in [2.05, 4.69) is 15.5 Å². The molecular weight excluding hydrogens is 280 g/mol. The number of rotatable bonds is 5. The van der Waals surface area contributed by atoms with Gasteiger partial charge >= 0.3 is 0 Å². The molecule has 0 aliphatic carbocycles. The van der Waals surface area contributed by atoms with Crippen LogP contribution in [-0.2, 0) is 4.79 Å². The van der Waals surface area contributed by atoms with Crippen LogP contribution in [0.1, 0.15) is 37.9 Å². The monoisotopic (exact) mass is 298 g/mol. The lowest BCUT2D eigenvalue weighted by Crippen LogP contribution is -2.30. The molecule has 0 radical (unpaired) electrons. The molecule has 1 aromatic heterocycles. The summed E-state index contributed by atoms with van der Waals surface area (Å²) in [4.78, 5) is 12.1. The van der Waals surface area contributed by atoms with E-state index in [0.29, 0.717) is 23.0 Å². The lowest BCUT2D eigenvalue weighted by Gasteiger charge is -2.13. The van der Waals surface area contributed by atoms with Gasteiger partial charge in [-0.3, -0.25) is 9.89 Å². The third-order valence-corrected chi connectivity index (χ3v) is 3.14. The fraction of sp³-hybridized carbons (Fsp3) is 0.312. The molecule has 2 rings (SSSR count). The van der Waals surface area contributed by atoms with E-state index in [-0.39, 0.29) is 5.91 Å². The van der Waals surface area contributed by atoms with Crippen LogP contribution in [0, 0.1) is 11.3 Å². The van der Waals surface area contributed by atoms with Crippen LogP contribution in [0.2, 0.25) is 0 Å². The predicted octanol–water partition coefficient (Wildman–Crippen LogP) is 2.81. The molecule has 0 aliphatic rings. The van der Waals surface area contributed by atoms with Gasteiger partial charge in [0.25, 0.3) is 5.91 Å². The minimum atomic E-state index is -0.674. The fourth-order valence-electron chi connectivity index (χ4n) is 1.79. The van der Waals surface area contributed by atoms with Crippen LogP contribution < -0.4 is 10.1 Å². The Kier molecular flexibility index (Phi) is 4.79. The fourth-order valence-corrected chi connectivity index (χ4v) is 1.79. The summed E-state index contributed by atoms with van der Waals surface area (Å²) in [5, 5.41) is 18.4. The molecule has 2 N–H and O–H groups in total. The molecule has 0 spiro atoms. The van der Waals surface area contributed by atoms with Crippen molar-refractivity contribution in [3.63, 3.8) is 0 Å². The molecule has 1 aromatic carbocycles. The van der Waals surface area contributed by atoms with Crippen molar-refractivity contribution in [2.75, 3.05) is 5.32 Å². The Morgan fingerprint density at radius 2 is 2.00 bits per heavy atom. The van der Waals surface area contributed by atoms with Crippen molar-refractivity contribution >= 4 is 11.7 Å². The first-order valence-electron chi connectivity index (χ1n) is 7.02. The number of anilines is 1. The number of ether oxygens (including phenoxy) is 1. The zero-order valence-corrected chi connectivity index (χ0v) is 12.8. The number of hydrogen-bond donors (Lipinski definition) is 2. The minimum Gasteiger partial charge on any atom is -0.481 e. The maximum Gasteiger partial charge on any atom is 0.266 e. The number of aromatic amines is 1. The summed E-state index contributed by atoms with van der Waals surface area (Å²) in [5.41, 5.74) is 1.50. The van der Waals surface area contributed by atoms with Crippen LogP contribution >= 0.6 is 0 Å². The minimum absolute atomic E-state index is 0.286. The molecular formula is C16H18N4O2. The third kappa shape index (κ3) is 3.85. The predicted molar refractivity (Wildman–Crippen MR) is 82.6 cm³/mol. The second-order valence-corrected chi connectivity index (χ2v) is 5.25. The number of nitriles is 1. The van der Waals surface area contributed by atoms with Crippen molar-refractivity contribution in [1.82, 2.24) is 10.2 Å². The van der Waals surface area contributed by atoms with Gasteiger partial charge in [0.15, 0.2) is 11.9 Å². The van der Waals surface area contributed by atoms with Crippen LogP contribution in [0.15, 0.2) is 30.3 Å². The summed E-state index contributed by atoms with van der Waals surface area (Å²) in [7, 11) is 0. The van der Waals surface area contributed by atoms with Crippen LogP contribution in [0.5, 0.6) is 5.75 Å². The quantitative estimate of drug-likeness (QED) is 0.888. The molecule has 22 heavy (non-hydrogen) atoms. The molecule has 0 unspecified atom stereocenters. The first kappa shape index (κ1) is 15.6. The number of amides is 1. The number of benzene rings is 1. The average molecular weight is 298 g/mol. The lowest BCUT2D eigenvalue weighted by molar-refractivity contribution is -0.122. The van der Waals surface area contributed by atoms with Crippen molar-refractivity contribution in [3.8, 4) is 11.8 Å². The zero-order valence-electron chi connectivity index (χ0n) is 12.8. The Bertz CT molecular complexity index is 683. The van der Waals surface area contributed by atoms with Gasteiger partial charge in [0.05, 0.1) is 11.6 Å². The van der Waals surface area contributed by atoms with Crippen LogP contribution in [0.4, 0.5) is 5.82 Å². The van der Waals surface area contributed by atoms with Gasteiger partial charge in [-0.15, -0.1) is 0 Å². The Labute approximate surface area is 129 Å². The summed E-state index contributed by atoms with van der Waals surface area (Å²) < 4.78 is 5.54. The molecule has 6 heteroatoms. The van der Waals surface area contributed by atoms with Crippen molar-refractivity contribution < 1.29 is 9.53 Å². The molecule has 2 aromatic rings. The van der Waals surface area contributed by atoms with E-state index in [9.17, 15) is 4.79 Å².